The molecular formula is C21H21NO5S. The minimum absolute atomic E-state index is 0.0138. The summed E-state index contributed by atoms with van der Waals surface area (Å²) < 4.78 is 17.0. The molecule has 0 aliphatic carbocycles. The van der Waals surface area contributed by atoms with Crippen LogP contribution in [-0.2, 0) is 0 Å². The van der Waals surface area contributed by atoms with E-state index in [0.29, 0.717) is 35.3 Å². The molecule has 0 unspecified atom stereocenters. The first-order chi connectivity index (χ1) is 13.5. The van der Waals surface area contributed by atoms with Crippen molar-refractivity contribution in [2.75, 3.05) is 20.3 Å². The molecule has 28 heavy (non-hydrogen) atoms. The maximum atomic E-state index is 11.1. The molecule has 0 atom stereocenters. The van der Waals surface area contributed by atoms with Crippen molar-refractivity contribution >= 4 is 17.3 Å². The van der Waals surface area contributed by atoms with Crippen molar-refractivity contribution in [2.45, 2.75) is 13.8 Å². The average Bonchev–Trinajstić information content (AvgIpc) is 3.16. The Morgan fingerprint density at radius 1 is 1.07 bits per heavy atom. The van der Waals surface area contributed by atoms with Crippen LogP contribution in [0, 0.1) is 13.8 Å². The van der Waals surface area contributed by atoms with E-state index in [4.69, 9.17) is 19.3 Å². The number of carbonyl (C=O) groups is 1. The number of aryl methyl sites for hydroxylation is 2. The molecule has 1 aromatic heterocycles. The molecule has 0 spiro atoms. The van der Waals surface area contributed by atoms with Crippen molar-refractivity contribution in [1.29, 1.82) is 0 Å². The molecule has 0 bridgehead atoms. The highest BCUT2D eigenvalue weighted by Gasteiger charge is 2.15. The van der Waals surface area contributed by atoms with Crippen LogP contribution in [0.2, 0.25) is 0 Å². The first kappa shape index (κ1) is 19.7. The Bertz CT molecular complexity index is 983. The van der Waals surface area contributed by atoms with Gasteiger partial charge in [0, 0.05) is 11.4 Å². The van der Waals surface area contributed by atoms with Crippen LogP contribution in [0.1, 0.15) is 21.6 Å². The van der Waals surface area contributed by atoms with E-state index in [9.17, 15) is 4.79 Å². The van der Waals surface area contributed by atoms with E-state index >= 15 is 0 Å². The number of thiazole rings is 1. The number of aromatic nitrogens is 1. The lowest BCUT2D eigenvalue weighted by Crippen LogP contribution is -2.10. The first-order valence-corrected chi connectivity index (χ1v) is 9.56. The molecule has 6 nitrogen and oxygen atoms in total. The van der Waals surface area contributed by atoms with Crippen LogP contribution in [-0.4, -0.2) is 36.4 Å². The van der Waals surface area contributed by atoms with Gasteiger partial charge in [-0.3, -0.25) is 0 Å². The van der Waals surface area contributed by atoms with Gasteiger partial charge in [0.05, 0.1) is 12.7 Å². The highest BCUT2D eigenvalue weighted by Crippen LogP contribution is 2.35. The number of ether oxygens (including phenoxy) is 3. The molecule has 0 fully saturated rings. The van der Waals surface area contributed by atoms with Gasteiger partial charge in [0.2, 0.25) is 0 Å². The second-order valence-electron chi connectivity index (χ2n) is 6.17. The van der Waals surface area contributed by atoms with Crippen molar-refractivity contribution < 1.29 is 24.1 Å². The van der Waals surface area contributed by atoms with Gasteiger partial charge in [-0.05, 0) is 37.6 Å². The summed E-state index contributed by atoms with van der Waals surface area (Å²) in [4.78, 5) is 15.3. The van der Waals surface area contributed by atoms with E-state index in [1.165, 1.54) is 22.3 Å². The number of benzene rings is 2. The number of carboxylic acids is 1. The lowest BCUT2D eigenvalue weighted by Gasteiger charge is -2.13. The van der Waals surface area contributed by atoms with Crippen LogP contribution in [0.4, 0.5) is 0 Å². The molecule has 0 aliphatic rings. The number of nitrogens with zero attached hydrogens (tertiary/aromatic N) is 1. The number of carboxylic acid groups (broad SMARTS) is 1. The second kappa shape index (κ2) is 8.75. The molecule has 7 heteroatoms. The van der Waals surface area contributed by atoms with Crippen molar-refractivity contribution in [3.05, 3.63) is 58.6 Å². The minimum atomic E-state index is -1.06. The molecule has 1 heterocycles. The molecule has 1 N–H and O–H groups in total. The Morgan fingerprint density at radius 2 is 1.82 bits per heavy atom. The van der Waals surface area contributed by atoms with Gasteiger partial charge in [0.1, 0.15) is 35.5 Å². The number of hydrogen-bond acceptors (Lipinski definition) is 6. The fourth-order valence-corrected chi connectivity index (χ4v) is 3.51. The third-order valence-corrected chi connectivity index (χ3v) is 4.95. The highest BCUT2D eigenvalue weighted by molar-refractivity contribution is 7.13. The zero-order chi connectivity index (χ0) is 20.1. The third-order valence-electron chi connectivity index (χ3n) is 4.07. The molecular weight excluding hydrogens is 378 g/mol. The minimum Gasteiger partial charge on any atom is -0.497 e. The van der Waals surface area contributed by atoms with Crippen molar-refractivity contribution in [2.24, 2.45) is 0 Å². The maximum absolute atomic E-state index is 11.1. The Hall–Kier alpha value is -3.06. The standard InChI is InChI=1S/C21H21NO5S/c1-13-4-7-18(14(2)10-13)26-8-9-27-19-11-15(25-3)5-6-16(19)20-22-17(12-28-20)21(23)24/h4-7,10-12H,8-9H2,1-3H3,(H,23,24). The molecule has 0 saturated heterocycles. The van der Waals surface area contributed by atoms with Gasteiger partial charge in [-0.1, -0.05) is 17.7 Å². The Balaban J connectivity index is 1.71. The van der Waals surface area contributed by atoms with Crippen LogP contribution in [0.15, 0.2) is 41.8 Å². The summed E-state index contributed by atoms with van der Waals surface area (Å²) in [6, 6.07) is 11.4. The van der Waals surface area contributed by atoms with Crippen LogP contribution in [0.3, 0.4) is 0 Å². The highest BCUT2D eigenvalue weighted by atomic mass is 32.1. The van der Waals surface area contributed by atoms with E-state index in [2.05, 4.69) is 11.1 Å². The fraction of sp³-hybridized carbons (Fsp3) is 0.238. The first-order valence-electron chi connectivity index (χ1n) is 8.68. The Morgan fingerprint density at radius 3 is 2.46 bits per heavy atom. The molecule has 3 rings (SSSR count). The van der Waals surface area contributed by atoms with E-state index in [1.54, 1.807) is 19.2 Å². The summed E-state index contributed by atoms with van der Waals surface area (Å²) in [5, 5.41) is 11.2. The van der Waals surface area contributed by atoms with Gasteiger partial charge in [-0.15, -0.1) is 11.3 Å². The maximum Gasteiger partial charge on any atom is 0.355 e. The lowest BCUT2D eigenvalue weighted by molar-refractivity contribution is 0.0691. The molecule has 0 saturated carbocycles. The summed E-state index contributed by atoms with van der Waals surface area (Å²) in [7, 11) is 1.58. The third kappa shape index (κ3) is 4.61. The van der Waals surface area contributed by atoms with Gasteiger partial charge in [0.25, 0.3) is 0 Å². The monoisotopic (exact) mass is 399 g/mol. The summed E-state index contributed by atoms with van der Waals surface area (Å²) in [5.74, 6) is 0.977. The largest absolute Gasteiger partial charge is 0.497 e. The Kier molecular flexibility index (Phi) is 6.16. The summed E-state index contributed by atoms with van der Waals surface area (Å²) in [5.41, 5.74) is 2.99. The van der Waals surface area contributed by atoms with E-state index in [0.717, 1.165) is 11.3 Å². The van der Waals surface area contributed by atoms with Crippen molar-refractivity contribution in [3.8, 4) is 27.8 Å². The number of rotatable bonds is 8. The quantitative estimate of drug-likeness (QED) is 0.558. The smallest absolute Gasteiger partial charge is 0.355 e. The van der Waals surface area contributed by atoms with Crippen LogP contribution < -0.4 is 14.2 Å². The normalized spacial score (nSPS) is 10.5. The van der Waals surface area contributed by atoms with Gasteiger partial charge in [-0.2, -0.15) is 0 Å². The van der Waals surface area contributed by atoms with Gasteiger partial charge >= 0.3 is 5.97 Å². The molecule has 0 amide bonds. The molecule has 0 radical (unpaired) electrons. The molecule has 3 aromatic rings. The zero-order valence-corrected chi connectivity index (χ0v) is 16.7. The molecule has 146 valence electrons. The second-order valence-corrected chi connectivity index (χ2v) is 7.03. The van der Waals surface area contributed by atoms with E-state index < -0.39 is 5.97 Å². The Labute approximate surface area is 167 Å². The van der Waals surface area contributed by atoms with Crippen LogP contribution in [0.5, 0.6) is 17.2 Å². The van der Waals surface area contributed by atoms with Crippen LogP contribution >= 0.6 is 11.3 Å². The van der Waals surface area contributed by atoms with E-state index in [1.807, 2.05) is 32.0 Å². The van der Waals surface area contributed by atoms with Crippen LogP contribution in [0.25, 0.3) is 10.6 Å². The predicted molar refractivity (Wildman–Crippen MR) is 108 cm³/mol. The number of aromatic carboxylic acids is 1. The summed E-state index contributed by atoms with van der Waals surface area (Å²) >= 11 is 1.25. The number of hydrogen-bond donors (Lipinski definition) is 1. The fourth-order valence-electron chi connectivity index (χ4n) is 2.69. The van der Waals surface area contributed by atoms with Gasteiger partial charge in [-0.25, -0.2) is 9.78 Å². The molecule has 2 aromatic carbocycles. The topological polar surface area (TPSA) is 77.9 Å². The van der Waals surface area contributed by atoms with Crippen molar-refractivity contribution in [1.82, 2.24) is 4.98 Å². The van der Waals surface area contributed by atoms with Gasteiger partial charge in [0.15, 0.2) is 5.69 Å². The van der Waals surface area contributed by atoms with Gasteiger partial charge < -0.3 is 19.3 Å². The average molecular weight is 399 g/mol. The summed E-state index contributed by atoms with van der Waals surface area (Å²) in [6.07, 6.45) is 0. The SMILES string of the molecule is COc1ccc(-c2nc(C(=O)O)cs2)c(OCCOc2ccc(C)cc2C)c1. The van der Waals surface area contributed by atoms with E-state index in [-0.39, 0.29) is 5.69 Å². The number of methoxy groups -OCH3 is 1. The lowest BCUT2D eigenvalue weighted by atomic mass is 10.1. The van der Waals surface area contributed by atoms with Crippen molar-refractivity contribution in [3.63, 3.8) is 0 Å². The zero-order valence-electron chi connectivity index (χ0n) is 15.9. The summed E-state index contributed by atoms with van der Waals surface area (Å²) in [6.45, 7) is 4.74. The molecule has 0 aliphatic heterocycles. The predicted octanol–water partition coefficient (Wildman–Crippen LogP) is 4.59.